The Hall–Kier alpha value is -2.46. The van der Waals surface area contributed by atoms with Gasteiger partial charge in [0.1, 0.15) is 30.5 Å². The SMILES string of the molecule is CC/C=C\C/C=C\C/C=C\C/C=C\CCCCCCCOCC(COC1OC(CO)C(O)C(OS(=O)(=O)O)C1O)OC(=O)CCCCCCCCC/C=C\C/C=C\CCCCCC. The zero-order valence-electron chi connectivity index (χ0n) is 38.9. The number of ether oxygens (including phenoxy) is 4. The first-order valence-electron chi connectivity index (χ1n) is 24.2. The Balaban J connectivity index is 2.43. The third kappa shape index (κ3) is 34.5. The van der Waals surface area contributed by atoms with Gasteiger partial charge in [0.15, 0.2) is 6.29 Å². The maximum Gasteiger partial charge on any atom is 0.397 e. The van der Waals surface area contributed by atoms with Crippen molar-refractivity contribution in [2.24, 2.45) is 0 Å². The first-order chi connectivity index (χ1) is 30.6. The van der Waals surface area contributed by atoms with E-state index in [2.05, 4.69) is 90.9 Å². The highest BCUT2D eigenvalue weighted by atomic mass is 32.3. The summed E-state index contributed by atoms with van der Waals surface area (Å²) in [6.07, 6.45) is 43.5. The van der Waals surface area contributed by atoms with Crippen LogP contribution in [0.25, 0.3) is 0 Å². The van der Waals surface area contributed by atoms with E-state index in [0.29, 0.717) is 13.0 Å². The van der Waals surface area contributed by atoms with Crippen LogP contribution >= 0.6 is 0 Å². The lowest BCUT2D eigenvalue weighted by atomic mass is 9.99. The minimum absolute atomic E-state index is 0.0163. The van der Waals surface area contributed by atoms with Crippen molar-refractivity contribution >= 4 is 16.4 Å². The Morgan fingerprint density at radius 2 is 1.10 bits per heavy atom. The second kappa shape index (κ2) is 41.0. The van der Waals surface area contributed by atoms with Gasteiger partial charge in [-0.3, -0.25) is 9.35 Å². The molecule has 1 heterocycles. The van der Waals surface area contributed by atoms with Crippen LogP contribution in [0.1, 0.15) is 174 Å². The van der Waals surface area contributed by atoms with Gasteiger partial charge >= 0.3 is 16.4 Å². The molecule has 12 nitrogen and oxygen atoms in total. The van der Waals surface area contributed by atoms with Crippen LogP contribution in [0.5, 0.6) is 0 Å². The average molecular weight is 911 g/mol. The van der Waals surface area contributed by atoms with E-state index in [1.165, 1.54) is 44.9 Å². The number of esters is 1. The van der Waals surface area contributed by atoms with Crippen LogP contribution in [0.4, 0.5) is 0 Å². The van der Waals surface area contributed by atoms with Crippen LogP contribution < -0.4 is 0 Å². The molecule has 0 amide bonds. The smallest absolute Gasteiger partial charge is 0.397 e. The molecule has 0 aromatic heterocycles. The van der Waals surface area contributed by atoms with Crippen molar-refractivity contribution in [3.05, 3.63) is 72.9 Å². The molecule has 1 saturated heterocycles. The quantitative estimate of drug-likeness (QED) is 0.0198. The number of hydrogen-bond donors (Lipinski definition) is 4. The van der Waals surface area contributed by atoms with Crippen LogP contribution in [-0.2, 0) is 38.3 Å². The molecule has 13 heteroatoms. The van der Waals surface area contributed by atoms with E-state index in [1.54, 1.807) is 0 Å². The maximum atomic E-state index is 12.9. The molecule has 0 aromatic rings. The molecule has 63 heavy (non-hydrogen) atoms. The number of rotatable bonds is 41. The third-order valence-corrected chi connectivity index (χ3v) is 11.0. The normalized spacial score (nSPS) is 20.5. The molecule has 1 fully saturated rings. The highest BCUT2D eigenvalue weighted by Gasteiger charge is 2.48. The van der Waals surface area contributed by atoms with Crippen LogP contribution in [0.15, 0.2) is 72.9 Å². The number of allylic oxidation sites excluding steroid dienone is 12. The van der Waals surface area contributed by atoms with Crippen molar-refractivity contribution in [2.75, 3.05) is 26.4 Å². The van der Waals surface area contributed by atoms with Gasteiger partial charge in [-0.1, -0.05) is 157 Å². The fraction of sp³-hybridized carbons (Fsp3) is 0.740. The van der Waals surface area contributed by atoms with Gasteiger partial charge in [-0.2, -0.15) is 8.42 Å². The Labute approximate surface area is 381 Å². The summed E-state index contributed by atoms with van der Waals surface area (Å²) in [4.78, 5) is 12.9. The number of aliphatic hydroxyl groups is 3. The van der Waals surface area contributed by atoms with Crippen molar-refractivity contribution in [2.45, 2.75) is 211 Å². The van der Waals surface area contributed by atoms with E-state index >= 15 is 0 Å². The lowest BCUT2D eigenvalue weighted by Gasteiger charge is -2.41. The van der Waals surface area contributed by atoms with Crippen LogP contribution in [0.3, 0.4) is 0 Å². The molecule has 1 rings (SSSR count). The Bertz CT molecular complexity index is 1370. The molecule has 1 aliphatic heterocycles. The summed E-state index contributed by atoms with van der Waals surface area (Å²) in [5, 5.41) is 30.7. The predicted molar refractivity (Wildman–Crippen MR) is 252 cm³/mol. The molecule has 0 aliphatic carbocycles. The van der Waals surface area contributed by atoms with Crippen molar-refractivity contribution < 1.29 is 56.2 Å². The van der Waals surface area contributed by atoms with Crippen molar-refractivity contribution in [1.82, 2.24) is 0 Å². The van der Waals surface area contributed by atoms with E-state index in [9.17, 15) is 33.1 Å². The van der Waals surface area contributed by atoms with E-state index < -0.39 is 59.8 Å². The summed E-state index contributed by atoms with van der Waals surface area (Å²) in [7, 11) is -5.07. The fourth-order valence-corrected chi connectivity index (χ4v) is 7.44. The molecule has 6 unspecified atom stereocenters. The van der Waals surface area contributed by atoms with Crippen molar-refractivity contribution in [1.29, 1.82) is 0 Å². The number of unbranched alkanes of at least 4 members (excludes halogenated alkanes) is 16. The van der Waals surface area contributed by atoms with E-state index in [4.69, 9.17) is 18.9 Å². The van der Waals surface area contributed by atoms with Crippen LogP contribution in [-0.4, -0.2) is 97.5 Å². The number of aliphatic hydroxyl groups excluding tert-OH is 3. The second-order valence-electron chi connectivity index (χ2n) is 16.3. The van der Waals surface area contributed by atoms with E-state index in [1.807, 2.05) is 0 Å². The summed E-state index contributed by atoms with van der Waals surface area (Å²) in [5.74, 6) is -0.417. The zero-order valence-corrected chi connectivity index (χ0v) is 39.7. The van der Waals surface area contributed by atoms with Crippen molar-refractivity contribution in [3.63, 3.8) is 0 Å². The lowest BCUT2D eigenvalue weighted by Crippen LogP contribution is -2.60. The highest BCUT2D eigenvalue weighted by molar-refractivity contribution is 7.80. The largest absolute Gasteiger partial charge is 0.457 e. The Morgan fingerprint density at radius 3 is 1.60 bits per heavy atom. The van der Waals surface area contributed by atoms with Gasteiger partial charge in [0.05, 0.1) is 19.8 Å². The number of hydrogen-bond acceptors (Lipinski definition) is 11. The third-order valence-electron chi connectivity index (χ3n) is 10.6. The number of carbonyl (C=O) groups excluding carboxylic acids is 1. The summed E-state index contributed by atoms with van der Waals surface area (Å²) >= 11 is 0. The summed E-state index contributed by atoms with van der Waals surface area (Å²) in [6.45, 7) is 3.80. The van der Waals surface area contributed by atoms with E-state index in [0.717, 1.165) is 103 Å². The zero-order chi connectivity index (χ0) is 46.1. The fourth-order valence-electron chi connectivity index (χ4n) is 6.93. The van der Waals surface area contributed by atoms with Gasteiger partial charge in [0.25, 0.3) is 0 Å². The van der Waals surface area contributed by atoms with Gasteiger partial charge in [-0.05, 0) is 83.5 Å². The molecule has 0 aromatic carbocycles. The van der Waals surface area contributed by atoms with Crippen LogP contribution in [0.2, 0.25) is 0 Å². The second-order valence-corrected chi connectivity index (χ2v) is 17.4. The molecular formula is C50H86O12S. The first kappa shape index (κ1) is 58.6. The molecule has 364 valence electrons. The molecule has 0 spiro atoms. The molecule has 0 radical (unpaired) electrons. The molecule has 0 bridgehead atoms. The molecule has 1 aliphatic rings. The van der Waals surface area contributed by atoms with Gasteiger partial charge < -0.3 is 34.3 Å². The first-order valence-corrected chi connectivity index (χ1v) is 25.6. The number of carbonyl (C=O) groups is 1. The molecule has 4 N–H and O–H groups in total. The average Bonchev–Trinajstić information content (AvgIpc) is 3.26. The molecule has 0 saturated carbocycles. The summed E-state index contributed by atoms with van der Waals surface area (Å²) < 4.78 is 59.1. The minimum Gasteiger partial charge on any atom is -0.457 e. The summed E-state index contributed by atoms with van der Waals surface area (Å²) in [6, 6.07) is 0. The Kier molecular flexibility index (Phi) is 38.1. The Morgan fingerprint density at radius 1 is 0.619 bits per heavy atom. The van der Waals surface area contributed by atoms with Crippen molar-refractivity contribution in [3.8, 4) is 0 Å². The monoisotopic (exact) mass is 911 g/mol. The van der Waals surface area contributed by atoms with Gasteiger partial charge in [-0.15, -0.1) is 0 Å². The lowest BCUT2D eigenvalue weighted by molar-refractivity contribution is -0.301. The van der Waals surface area contributed by atoms with E-state index in [-0.39, 0.29) is 19.6 Å². The predicted octanol–water partition coefficient (Wildman–Crippen LogP) is 10.7. The van der Waals surface area contributed by atoms with Gasteiger partial charge in [-0.25, -0.2) is 4.18 Å². The highest BCUT2D eigenvalue weighted by Crippen LogP contribution is 2.26. The molecular weight excluding hydrogens is 825 g/mol. The van der Waals surface area contributed by atoms with Crippen LogP contribution in [0, 0.1) is 0 Å². The minimum atomic E-state index is -5.07. The topological polar surface area (TPSA) is 178 Å². The van der Waals surface area contributed by atoms with Gasteiger partial charge in [0, 0.05) is 13.0 Å². The standard InChI is InChI=1S/C50H86O12S/c1-3-5-7-9-11-13-15-17-19-21-23-25-27-29-31-33-35-37-39-46(52)60-44(43-59-50-48(54)49(62-63(55,56)57)47(53)45(41-51)61-50)42-58-40-38-36-34-32-30-28-26-24-22-20-18-16-14-12-10-8-6-4-2/h6,8,12-15,18-21,24,26,44-45,47-51,53-54H,3-5,7,9-11,16-17,22-23,25,27-43H2,1-2H3,(H,55,56,57)/b8-6-,14-12-,15-13-,20-18-,21-19-,26-24-. The maximum absolute atomic E-state index is 12.9. The molecule has 6 atom stereocenters. The summed E-state index contributed by atoms with van der Waals surface area (Å²) in [5.41, 5.74) is 0. The van der Waals surface area contributed by atoms with Gasteiger partial charge in [0.2, 0.25) is 0 Å².